The van der Waals surface area contributed by atoms with E-state index in [1.54, 1.807) is 6.20 Å². The molecule has 4 rings (SSSR count). The van der Waals surface area contributed by atoms with Crippen molar-refractivity contribution in [2.24, 2.45) is 4.99 Å². The third kappa shape index (κ3) is 2.15. The number of aliphatic imine (C=N–C) groups is 1. The Morgan fingerprint density at radius 1 is 1.00 bits per heavy atom. The Kier molecular flexibility index (Phi) is 2.93. The maximum Gasteiger partial charge on any atom is 0.284 e. The summed E-state index contributed by atoms with van der Waals surface area (Å²) in [6.07, 6.45) is 1.75. The number of hydrogen-bond donors (Lipinski definition) is 0. The fourth-order valence-electron chi connectivity index (χ4n) is 2.57. The van der Waals surface area contributed by atoms with Crippen LogP contribution >= 0.6 is 0 Å². The van der Waals surface area contributed by atoms with Gasteiger partial charge in [0.25, 0.3) is 5.91 Å². The summed E-state index contributed by atoms with van der Waals surface area (Å²) >= 11 is 0. The predicted octanol–water partition coefficient (Wildman–Crippen LogP) is 2.99. The number of rotatable bonds is 1. The molecule has 4 nitrogen and oxygen atoms in total. The first-order valence-electron chi connectivity index (χ1n) is 7.00. The largest absolute Gasteiger partial charge is 0.483 e. The van der Waals surface area contributed by atoms with Crippen LogP contribution in [0, 0.1) is 0 Å². The van der Waals surface area contributed by atoms with E-state index in [-0.39, 0.29) is 12.5 Å². The van der Waals surface area contributed by atoms with Gasteiger partial charge in [-0.15, -0.1) is 0 Å². The first-order valence-corrected chi connectivity index (χ1v) is 7.00. The first kappa shape index (κ1) is 12.7. The molecule has 0 spiro atoms. The van der Waals surface area contributed by atoms with E-state index in [9.17, 15) is 4.79 Å². The van der Waals surface area contributed by atoms with Gasteiger partial charge in [0.2, 0.25) is 0 Å². The van der Waals surface area contributed by atoms with Crippen LogP contribution in [0.2, 0.25) is 0 Å². The molecule has 1 amide bonds. The minimum atomic E-state index is -0.292. The molecule has 0 atom stereocenters. The van der Waals surface area contributed by atoms with E-state index in [1.807, 2.05) is 54.6 Å². The Balaban J connectivity index is 1.93. The standard InChI is InChI=1S/C18H12N2O2/c21-17-11-22-16-8-4-2-6-14(16)18(20-17)13-9-12-5-1-3-7-15(12)19-10-13/h1-10H,11H2. The number of fused-ring (bicyclic) bond motifs is 2. The van der Waals surface area contributed by atoms with Gasteiger partial charge >= 0.3 is 0 Å². The van der Waals surface area contributed by atoms with Crippen LogP contribution in [0.15, 0.2) is 65.8 Å². The number of benzene rings is 2. The number of carbonyl (C=O) groups excluding carboxylic acids is 1. The number of para-hydroxylation sites is 2. The number of ether oxygens (including phenoxy) is 1. The second kappa shape index (κ2) is 5.07. The van der Waals surface area contributed by atoms with Gasteiger partial charge in [0.05, 0.1) is 11.2 Å². The second-order valence-electron chi connectivity index (χ2n) is 5.06. The molecule has 1 aliphatic heterocycles. The summed E-state index contributed by atoms with van der Waals surface area (Å²) in [5.41, 5.74) is 3.14. The summed E-state index contributed by atoms with van der Waals surface area (Å²) in [5.74, 6) is 0.375. The highest BCUT2D eigenvalue weighted by Crippen LogP contribution is 2.25. The molecule has 0 aliphatic carbocycles. The Bertz CT molecular complexity index is 916. The van der Waals surface area contributed by atoms with Crippen molar-refractivity contribution in [2.75, 3.05) is 6.61 Å². The Labute approximate surface area is 127 Å². The summed E-state index contributed by atoms with van der Waals surface area (Å²) in [5, 5.41) is 1.01. The van der Waals surface area contributed by atoms with Gasteiger partial charge in [-0.25, -0.2) is 4.99 Å². The zero-order valence-corrected chi connectivity index (χ0v) is 11.7. The van der Waals surface area contributed by atoms with Crippen LogP contribution in [0.25, 0.3) is 10.9 Å². The molecule has 0 saturated carbocycles. The van der Waals surface area contributed by atoms with Gasteiger partial charge in [0.1, 0.15) is 5.75 Å². The number of amides is 1. The zero-order valence-electron chi connectivity index (χ0n) is 11.7. The number of nitrogens with zero attached hydrogens (tertiary/aromatic N) is 2. The smallest absolute Gasteiger partial charge is 0.284 e. The second-order valence-corrected chi connectivity index (χ2v) is 5.06. The minimum Gasteiger partial charge on any atom is -0.483 e. The van der Waals surface area contributed by atoms with Gasteiger partial charge in [-0.05, 0) is 24.3 Å². The lowest BCUT2D eigenvalue weighted by Gasteiger charge is -2.09. The van der Waals surface area contributed by atoms with Crippen molar-refractivity contribution in [3.8, 4) is 5.75 Å². The monoisotopic (exact) mass is 288 g/mol. The number of carbonyl (C=O) groups is 1. The summed E-state index contributed by atoms with van der Waals surface area (Å²) < 4.78 is 5.52. The van der Waals surface area contributed by atoms with E-state index in [1.165, 1.54) is 0 Å². The van der Waals surface area contributed by atoms with Gasteiger partial charge in [0, 0.05) is 22.7 Å². The molecule has 106 valence electrons. The topological polar surface area (TPSA) is 51.5 Å². The van der Waals surface area contributed by atoms with E-state index in [2.05, 4.69) is 9.98 Å². The summed E-state index contributed by atoms with van der Waals surface area (Å²) in [6.45, 7) is -0.0402. The first-order chi connectivity index (χ1) is 10.8. The van der Waals surface area contributed by atoms with Gasteiger partial charge in [-0.3, -0.25) is 9.78 Å². The number of pyridine rings is 1. The highest BCUT2D eigenvalue weighted by atomic mass is 16.5. The molecule has 0 fully saturated rings. The Morgan fingerprint density at radius 2 is 1.82 bits per heavy atom. The minimum absolute atomic E-state index is 0.0402. The van der Waals surface area contributed by atoms with Crippen LogP contribution in [0.1, 0.15) is 11.1 Å². The molecule has 3 aromatic rings. The van der Waals surface area contributed by atoms with Gasteiger partial charge in [-0.1, -0.05) is 30.3 Å². The average Bonchev–Trinajstić information content (AvgIpc) is 2.74. The predicted molar refractivity (Wildman–Crippen MR) is 84.3 cm³/mol. The third-order valence-corrected chi connectivity index (χ3v) is 3.59. The third-order valence-electron chi connectivity index (χ3n) is 3.59. The molecule has 0 saturated heterocycles. The molecule has 0 unspecified atom stereocenters. The summed E-state index contributed by atoms with van der Waals surface area (Å²) in [6, 6.07) is 17.4. The van der Waals surface area contributed by atoms with Crippen LogP contribution in [0.3, 0.4) is 0 Å². The van der Waals surface area contributed by atoms with Gasteiger partial charge < -0.3 is 4.74 Å². The van der Waals surface area contributed by atoms with E-state index < -0.39 is 0 Å². The van der Waals surface area contributed by atoms with Crippen LogP contribution in [-0.2, 0) is 4.79 Å². The average molecular weight is 288 g/mol. The normalized spacial score (nSPS) is 14.0. The van der Waals surface area contributed by atoms with E-state index >= 15 is 0 Å². The maximum absolute atomic E-state index is 11.9. The molecule has 1 aliphatic rings. The molecule has 4 heteroatoms. The Morgan fingerprint density at radius 3 is 2.77 bits per heavy atom. The van der Waals surface area contributed by atoms with Crippen molar-refractivity contribution < 1.29 is 9.53 Å². The van der Waals surface area contributed by atoms with Crippen LogP contribution in [0.5, 0.6) is 5.75 Å². The highest BCUT2D eigenvalue weighted by molar-refractivity contribution is 6.19. The zero-order chi connectivity index (χ0) is 14.9. The van der Waals surface area contributed by atoms with Crippen LogP contribution in [0.4, 0.5) is 0 Å². The fraction of sp³-hybridized carbons (Fsp3) is 0.0556. The maximum atomic E-state index is 11.9. The Hall–Kier alpha value is -3.01. The van der Waals surface area contributed by atoms with Crippen molar-refractivity contribution in [3.05, 3.63) is 71.9 Å². The number of hydrogen-bond acceptors (Lipinski definition) is 3. The van der Waals surface area contributed by atoms with Gasteiger partial charge in [0.15, 0.2) is 6.61 Å². The lowest BCUT2D eigenvalue weighted by molar-refractivity contribution is -0.119. The summed E-state index contributed by atoms with van der Waals surface area (Å²) in [4.78, 5) is 20.5. The lowest BCUT2D eigenvalue weighted by Crippen LogP contribution is -2.07. The highest BCUT2D eigenvalue weighted by Gasteiger charge is 2.19. The quantitative estimate of drug-likeness (QED) is 0.691. The van der Waals surface area contributed by atoms with Crippen molar-refractivity contribution in [1.82, 2.24) is 4.98 Å². The molecule has 2 heterocycles. The van der Waals surface area contributed by atoms with Crippen molar-refractivity contribution >= 4 is 22.5 Å². The molecular weight excluding hydrogens is 276 g/mol. The van der Waals surface area contributed by atoms with Crippen molar-refractivity contribution in [1.29, 1.82) is 0 Å². The van der Waals surface area contributed by atoms with E-state index in [0.29, 0.717) is 11.5 Å². The van der Waals surface area contributed by atoms with E-state index in [0.717, 1.165) is 22.0 Å². The molecular formula is C18H12N2O2. The fourth-order valence-corrected chi connectivity index (χ4v) is 2.57. The molecule has 0 bridgehead atoms. The number of aromatic nitrogens is 1. The van der Waals surface area contributed by atoms with Crippen molar-refractivity contribution in [3.63, 3.8) is 0 Å². The van der Waals surface area contributed by atoms with Crippen molar-refractivity contribution in [2.45, 2.75) is 0 Å². The van der Waals surface area contributed by atoms with E-state index in [4.69, 9.17) is 4.74 Å². The molecule has 1 aromatic heterocycles. The molecule has 0 N–H and O–H groups in total. The molecule has 22 heavy (non-hydrogen) atoms. The van der Waals surface area contributed by atoms with Crippen LogP contribution < -0.4 is 4.74 Å². The lowest BCUT2D eigenvalue weighted by atomic mass is 10.0. The summed E-state index contributed by atoms with van der Waals surface area (Å²) in [7, 11) is 0. The molecule has 0 radical (unpaired) electrons. The SMILES string of the molecule is O=C1COc2ccccc2C(c2cnc3ccccc3c2)=N1. The van der Waals surface area contributed by atoms with Crippen LogP contribution in [-0.4, -0.2) is 23.2 Å². The molecule has 2 aromatic carbocycles. The van der Waals surface area contributed by atoms with Gasteiger partial charge in [-0.2, -0.15) is 0 Å².